The van der Waals surface area contributed by atoms with Gasteiger partial charge >= 0.3 is 0 Å². The molecule has 2 heteroatoms. The maximum Gasteiger partial charge on any atom is 0.0406 e. The van der Waals surface area contributed by atoms with Gasteiger partial charge in [-0.05, 0) is 29.3 Å². The highest BCUT2D eigenvalue weighted by atomic mass is 35.5. The Balaban J connectivity index is 2.42. The van der Waals surface area contributed by atoms with Crippen LogP contribution in [0.2, 0.25) is 5.02 Å². The van der Waals surface area contributed by atoms with Crippen molar-refractivity contribution < 1.29 is 0 Å². The van der Waals surface area contributed by atoms with Crippen LogP contribution >= 0.6 is 11.6 Å². The van der Waals surface area contributed by atoms with Crippen molar-refractivity contribution in [2.45, 2.75) is 0 Å². The highest BCUT2D eigenvalue weighted by molar-refractivity contribution is 6.30. The Bertz CT molecular complexity index is 381. The summed E-state index contributed by atoms with van der Waals surface area (Å²) in [5.41, 5.74) is 2.14. The van der Waals surface area contributed by atoms with E-state index >= 15 is 0 Å². The molecule has 0 unspecified atom stereocenters. The molecule has 0 amide bonds. The smallest absolute Gasteiger partial charge is 0.0406 e. The van der Waals surface area contributed by atoms with Crippen molar-refractivity contribution in [1.29, 1.82) is 0 Å². The Labute approximate surface area is 82.0 Å². The van der Waals surface area contributed by atoms with Gasteiger partial charge in [-0.25, -0.2) is 0 Å². The Kier molecular flexibility index (Phi) is 2.28. The van der Waals surface area contributed by atoms with E-state index in [9.17, 15) is 0 Å². The number of aromatic nitrogens is 1. The molecule has 0 saturated carbocycles. The topological polar surface area (TPSA) is 12.9 Å². The van der Waals surface area contributed by atoms with E-state index in [0.717, 1.165) is 16.1 Å². The second kappa shape index (κ2) is 3.58. The molecule has 1 radical (unpaired) electrons. The highest BCUT2D eigenvalue weighted by Crippen LogP contribution is 2.19. The minimum absolute atomic E-state index is 0.748. The van der Waals surface area contributed by atoms with Crippen molar-refractivity contribution in [3.05, 3.63) is 53.8 Å². The molecule has 0 saturated heterocycles. The monoisotopic (exact) mass is 188 g/mol. The van der Waals surface area contributed by atoms with Crippen molar-refractivity contribution in [1.82, 2.24) is 4.98 Å². The number of hydrogen-bond donors (Lipinski definition) is 0. The lowest BCUT2D eigenvalue weighted by molar-refractivity contribution is 1.32. The van der Waals surface area contributed by atoms with Crippen LogP contribution in [0, 0.1) is 6.07 Å². The van der Waals surface area contributed by atoms with E-state index in [0.29, 0.717) is 0 Å². The quantitative estimate of drug-likeness (QED) is 0.670. The zero-order valence-electron chi connectivity index (χ0n) is 6.87. The van der Waals surface area contributed by atoms with Gasteiger partial charge in [0.2, 0.25) is 0 Å². The standard InChI is InChI=1S/C11H7ClN/c12-11-3-1-9(2-4-11)10-5-7-13-8-6-10/h1-5,7-8H. The molecule has 2 aromatic rings. The molecule has 1 aromatic carbocycles. The van der Waals surface area contributed by atoms with Crippen LogP contribution in [0.5, 0.6) is 0 Å². The summed E-state index contributed by atoms with van der Waals surface area (Å²) in [5, 5.41) is 0.748. The Morgan fingerprint density at radius 2 is 1.85 bits per heavy atom. The minimum Gasteiger partial charge on any atom is -0.264 e. The van der Waals surface area contributed by atoms with E-state index in [4.69, 9.17) is 11.6 Å². The molecule has 0 atom stereocenters. The predicted molar refractivity (Wildman–Crippen MR) is 53.5 cm³/mol. The zero-order chi connectivity index (χ0) is 9.10. The molecule has 13 heavy (non-hydrogen) atoms. The molecule has 63 valence electrons. The molecule has 1 heterocycles. The third-order valence-electron chi connectivity index (χ3n) is 1.78. The number of nitrogens with zero attached hydrogens (tertiary/aromatic N) is 1. The molecule has 0 spiro atoms. The van der Waals surface area contributed by atoms with Crippen molar-refractivity contribution in [2.24, 2.45) is 0 Å². The first-order valence-electron chi connectivity index (χ1n) is 3.94. The summed E-state index contributed by atoms with van der Waals surface area (Å²) < 4.78 is 0. The minimum atomic E-state index is 0.748. The average Bonchev–Trinajstić information content (AvgIpc) is 2.20. The van der Waals surface area contributed by atoms with Gasteiger partial charge in [-0.15, -0.1) is 0 Å². The van der Waals surface area contributed by atoms with Gasteiger partial charge in [0.05, 0.1) is 0 Å². The lowest BCUT2D eigenvalue weighted by atomic mass is 10.1. The van der Waals surface area contributed by atoms with Crippen molar-refractivity contribution in [2.75, 3.05) is 0 Å². The molecule has 1 aromatic heterocycles. The molecule has 1 nitrogen and oxygen atoms in total. The van der Waals surface area contributed by atoms with Crippen LogP contribution in [0.25, 0.3) is 11.1 Å². The lowest BCUT2D eigenvalue weighted by Gasteiger charge is -1.99. The van der Waals surface area contributed by atoms with Crippen LogP contribution in [-0.4, -0.2) is 4.98 Å². The average molecular weight is 189 g/mol. The Morgan fingerprint density at radius 1 is 1.08 bits per heavy atom. The summed E-state index contributed by atoms with van der Waals surface area (Å²) in [6.45, 7) is 0. The van der Waals surface area contributed by atoms with Crippen LogP contribution in [-0.2, 0) is 0 Å². The van der Waals surface area contributed by atoms with Crippen LogP contribution in [0.3, 0.4) is 0 Å². The SMILES string of the molecule is Clc1ccc(-c2[c]cncc2)cc1. The normalized spacial score (nSPS) is 9.92. The largest absolute Gasteiger partial charge is 0.264 e. The molecule has 0 aliphatic rings. The van der Waals surface area contributed by atoms with Gasteiger partial charge in [0.25, 0.3) is 0 Å². The van der Waals surface area contributed by atoms with Gasteiger partial charge in [0.1, 0.15) is 0 Å². The van der Waals surface area contributed by atoms with Crippen LogP contribution in [0.1, 0.15) is 0 Å². The van der Waals surface area contributed by atoms with E-state index in [1.807, 2.05) is 30.3 Å². The van der Waals surface area contributed by atoms with E-state index in [1.165, 1.54) is 0 Å². The number of benzene rings is 1. The number of hydrogen-bond acceptors (Lipinski definition) is 1. The summed E-state index contributed by atoms with van der Waals surface area (Å²) in [5.74, 6) is 0. The molecule has 0 bridgehead atoms. The van der Waals surface area contributed by atoms with E-state index in [2.05, 4.69) is 11.1 Å². The first kappa shape index (κ1) is 8.27. The summed E-state index contributed by atoms with van der Waals surface area (Å²) >= 11 is 5.78. The lowest BCUT2D eigenvalue weighted by Crippen LogP contribution is -1.77. The van der Waals surface area contributed by atoms with Gasteiger partial charge < -0.3 is 0 Å². The Morgan fingerprint density at radius 3 is 2.46 bits per heavy atom. The zero-order valence-corrected chi connectivity index (χ0v) is 7.62. The van der Waals surface area contributed by atoms with Crippen LogP contribution in [0.15, 0.2) is 42.7 Å². The Hall–Kier alpha value is -1.34. The van der Waals surface area contributed by atoms with Crippen molar-refractivity contribution in [3.8, 4) is 11.1 Å². The van der Waals surface area contributed by atoms with E-state index in [-0.39, 0.29) is 0 Å². The predicted octanol–water partition coefficient (Wildman–Crippen LogP) is 3.20. The maximum atomic E-state index is 5.78. The second-order valence-electron chi connectivity index (χ2n) is 2.66. The molecular weight excluding hydrogens is 182 g/mol. The third kappa shape index (κ3) is 1.87. The fraction of sp³-hybridized carbons (Fsp3) is 0. The first-order valence-corrected chi connectivity index (χ1v) is 4.32. The summed E-state index contributed by atoms with van der Waals surface area (Å²) in [7, 11) is 0. The van der Waals surface area contributed by atoms with E-state index in [1.54, 1.807) is 12.4 Å². The number of pyridine rings is 1. The van der Waals surface area contributed by atoms with Crippen LogP contribution < -0.4 is 0 Å². The van der Waals surface area contributed by atoms with Crippen LogP contribution in [0.4, 0.5) is 0 Å². The van der Waals surface area contributed by atoms with Crippen molar-refractivity contribution in [3.63, 3.8) is 0 Å². The molecule has 0 N–H and O–H groups in total. The molecule has 2 rings (SSSR count). The molecule has 0 aliphatic carbocycles. The summed E-state index contributed by atoms with van der Waals surface area (Å²) in [6, 6.07) is 12.6. The highest BCUT2D eigenvalue weighted by Gasteiger charge is 1.95. The second-order valence-corrected chi connectivity index (χ2v) is 3.10. The molecule has 0 aliphatic heterocycles. The maximum absolute atomic E-state index is 5.78. The van der Waals surface area contributed by atoms with Gasteiger partial charge in [0, 0.05) is 23.5 Å². The summed E-state index contributed by atoms with van der Waals surface area (Å²) in [4.78, 5) is 3.91. The third-order valence-corrected chi connectivity index (χ3v) is 2.03. The number of halogens is 1. The van der Waals surface area contributed by atoms with Gasteiger partial charge in [0.15, 0.2) is 0 Å². The molecular formula is C11H7ClN. The summed E-state index contributed by atoms with van der Waals surface area (Å²) in [6.07, 6.45) is 3.41. The molecule has 0 fully saturated rings. The van der Waals surface area contributed by atoms with E-state index < -0.39 is 0 Å². The van der Waals surface area contributed by atoms with Gasteiger partial charge in [-0.1, -0.05) is 23.7 Å². The van der Waals surface area contributed by atoms with Gasteiger partial charge in [-0.2, -0.15) is 0 Å². The fourth-order valence-electron chi connectivity index (χ4n) is 1.12. The van der Waals surface area contributed by atoms with Crippen molar-refractivity contribution >= 4 is 11.6 Å². The first-order chi connectivity index (χ1) is 6.36. The number of rotatable bonds is 1. The fourth-order valence-corrected chi connectivity index (χ4v) is 1.25. The van der Waals surface area contributed by atoms with Gasteiger partial charge in [-0.3, -0.25) is 4.98 Å².